The number of carbonyl (C=O) groups is 1. The molecule has 5 heteroatoms. The minimum Gasteiger partial charge on any atom is -0.465 e. The number of ether oxygens (including phenoxy) is 1. The van der Waals surface area contributed by atoms with Gasteiger partial charge in [-0.05, 0) is 43.0 Å². The molecule has 1 aromatic carbocycles. The van der Waals surface area contributed by atoms with E-state index in [4.69, 9.17) is 4.74 Å². The van der Waals surface area contributed by atoms with Crippen molar-refractivity contribution in [2.45, 2.75) is 25.3 Å². The van der Waals surface area contributed by atoms with Crippen LogP contribution in [0.25, 0.3) is 0 Å². The third kappa shape index (κ3) is 2.76. The van der Waals surface area contributed by atoms with Crippen LogP contribution in [0.5, 0.6) is 0 Å². The van der Waals surface area contributed by atoms with E-state index in [2.05, 4.69) is 16.3 Å². The van der Waals surface area contributed by atoms with Gasteiger partial charge in [-0.25, -0.2) is 4.79 Å². The zero-order chi connectivity index (χ0) is 13.2. The number of anilines is 1. The summed E-state index contributed by atoms with van der Waals surface area (Å²) in [6, 6.07) is 6.57. The summed E-state index contributed by atoms with van der Waals surface area (Å²) in [4.78, 5) is 14.1. The molecule has 0 aliphatic carbocycles. The van der Waals surface area contributed by atoms with Crippen molar-refractivity contribution in [3.63, 3.8) is 0 Å². The fourth-order valence-corrected chi connectivity index (χ4v) is 3.17. The van der Waals surface area contributed by atoms with Gasteiger partial charge in [0.15, 0.2) is 0 Å². The number of halogens is 1. The molecule has 0 radical (unpaired) electrons. The van der Waals surface area contributed by atoms with Crippen LogP contribution in [0.15, 0.2) is 18.2 Å². The van der Waals surface area contributed by atoms with Crippen molar-refractivity contribution < 1.29 is 9.53 Å². The highest BCUT2D eigenvalue weighted by molar-refractivity contribution is 5.90. The monoisotopic (exact) mass is 296 g/mol. The second kappa shape index (κ2) is 6.46. The van der Waals surface area contributed by atoms with E-state index in [9.17, 15) is 4.79 Å². The Labute approximate surface area is 125 Å². The summed E-state index contributed by atoms with van der Waals surface area (Å²) >= 11 is 0. The van der Waals surface area contributed by atoms with Crippen LogP contribution >= 0.6 is 12.4 Å². The summed E-state index contributed by atoms with van der Waals surface area (Å²) in [5.74, 6) is -0.246. The van der Waals surface area contributed by atoms with E-state index >= 15 is 0 Å². The first kappa shape index (κ1) is 15.1. The van der Waals surface area contributed by atoms with E-state index in [1.165, 1.54) is 31.2 Å². The number of rotatable bonds is 1. The second-order valence-corrected chi connectivity index (χ2v) is 5.28. The van der Waals surface area contributed by atoms with Gasteiger partial charge in [0.1, 0.15) is 0 Å². The average molecular weight is 297 g/mol. The van der Waals surface area contributed by atoms with Gasteiger partial charge < -0.3 is 15.0 Å². The summed E-state index contributed by atoms with van der Waals surface area (Å²) in [6.07, 6.45) is 3.45. The summed E-state index contributed by atoms with van der Waals surface area (Å²) < 4.78 is 4.80. The summed E-state index contributed by atoms with van der Waals surface area (Å²) in [7, 11) is 1.43. The Morgan fingerprint density at radius 2 is 2.30 bits per heavy atom. The molecule has 1 N–H and O–H groups in total. The second-order valence-electron chi connectivity index (χ2n) is 5.28. The van der Waals surface area contributed by atoms with Crippen LogP contribution in [0.3, 0.4) is 0 Å². The quantitative estimate of drug-likeness (QED) is 0.805. The Morgan fingerprint density at radius 1 is 1.45 bits per heavy atom. The van der Waals surface area contributed by atoms with E-state index in [1.54, 1.807) is 0 Å². The van der Waals surface area contributed by atoms with Crippen molar-refractivity contribution in [3.05, 3.63) is 29.3 Å². The highest BCUT2D eigenvalue weighted by Gasteiger charge is 2.26. The normalized spacial score (nSPS) is 21.1. The molecule has 0 amide bonds. The number of esters is 1. The molecule has 1 atom stereocenters. The summed E-state index contributed by atoms with van der Waals surface area (Å²) in [5.41, 5.74) is 3.25. The maximum absolute atomic E-state index is 11.6. The zero-order valence-electron chi connectivity index (χ0n) is 11.7. The van der Waals surface area contributed by atoms with Gasteiger partial charge in [0.25, 0.3) is 0 Å². The SMILES string of the molecule is COC(=O)c1ccc2c(c1)CCCC1CNCCN21.Cl. The Hall–Kier alpha value is -1.26. The van der Waals surface area contributed by atoms with Crippen LogP contribution in [0.2, 0.25) is 0 Å². The average Bonchev–Trinajstić information content (AvgIpc) is 2.65. The van der Waals surface area contributed by atoms with Crippen molar-refractivity contribution >= 4 is 24.1 Å². The van der Waals surface area contributed by atoms with E-state index < -0.39 is 0 Å². The number of hydrogen-bond acceptors (Lipinski definition) is 4. The fourth-order valence-electron chi connectivity index (χ4n) is 3.17. The van der Waals surface area contributed by atoms with E-state index in [-0.39, 0.29) is 18.4 Å². The number of fused-ring (bicyclic) bond motifs is 3. The van der Waals surface area contributed by atoms with Gasteiger partial charge in [-0.15, -0.1) is 12.4 Å². The molecule has 0 saturated carbocycles. The third-order valence-electron chi connectivity index (χ3n) is 4.14. The summed E-state index contributed by atoms with van der Waals surface area (Å²) in [6.45, 7) is 3.15. The molecular formula is C15H21ClN2O2. The molecule has 2 heterocycles. The van der Waals surface area contributed by atoms with Crippen molar-refractivity contribution in [2.75, 3.05) is 31.6 Å². The van der Waals surface area contributed by atoms with Crippen molar-refractivity contribution in [3.8, 4) is 0 Å². The number of nitrogens with zero attached hydrogens (tertiary/aromatic N) is 1. The first-order valence-corrected chi connectivity index (χ1v) is 6.98. The van der Waals surface area contributed by atoms with Gasteiger partial charge in [-0.2, -0.15) is 0 Å². The predicted molar refractivity (Wildman–Crippen MR) is 82.0 cm³/mol. The van der Waals surface area contributed by atoms with Gasteiger partial charge in [-0.1, -0.05) is 0 Å². The maximum Gasteiger partial charge on any atom is 0.337 e. The highest BCUT2D eigenvalue weighted by Crippen LogP contribution is 2.31. The molecule has 1 saturated heterocycles. The molecule has 2 aliphatic heterocycles. The predicted octanol–water partition coefficient (Wildman–Crippen LogP) is 2.01. The lowest BCUT2D eigenvalue weighted by Gasteiger charge is -2.37. The lowest BCUT2D eigenvalue weighted by atomic mass is 10.0. The molecular weight excluding hydrogens is 276 g/mol. The molecule has 0 spiro atoms. The molecule has 1 unspecified atom stereocenters. The van der Waals surface area contributed by atoms with Crippen LogP contribution in [0.4, 0.5) is 5.69 Å². The Balaban J connectivity index is 0.00000147. The van der Waals surface area contributed by atoms with Gasteiger partial charge in [-0.3, -0.25) is 0 Å². The number of nitrogens with one attached hydrogen (secondary N) is 1. The molecule has 1 fully saturated rings. The minimum absolute atomic E-state index is 0. The van der Waals surface area contributed by atoms with Gasteiger partial charge in [0.2, 0.25) is 0 Å². The Bertz CT molecular complexity index is 493. The lowest BCUT2D eigenvalue weighted by molar-refractivity contribution is 0.0600. The molecule has 3 rings (SSSR count). The van der Waals surface area contributed by atoms with Gasteiger partial charge >= 0.3 is 5.97 Å². The van der Waals surface area contributed by atoms with Crippen molar-refractivity contribution in [2.24, 2.45) is 0 Å². The minimum atomic E-state index is -0.246. The Morgan fingerprint density at radius 3 is 3.10 bits per heavy atom. The standard InChI is InChI=1S/C15H20N2O2.ClH/c1-19-15(18)12-5-6-14-11(9-12)3-2-4-13-10-16-7-8-17(13)14;/h5-6,9,13,16H,2-4,7-8,10H2,1H3;1H. The van der Waals surface area contributed by atoms with Gasteiger partial charge in [0.05, 0.1) is 12.7 Å². The smallest absolute Gasteiger partial charge is 0.337 e. The maximum atomic E-state index is 11.6. The topological polar surface area (TPSA) is 41.6 Å². The number of hydrogen-bond donors (Lipinski definition) is 1. The van der Waals surface area contributed by atoms with Crippen LogP contribution in [0.1, 0.15) is 28.8 Å². The summed E-state index contributed by atoms with van der Waals surface area (Å²) in [5, 5.41) is 3.47. The molecule has 4 nitrogen and oxygen atoms in total. The van der Waals surface area contributed by atoms with Crippen LogP contribution < -0.4 is 10.2 Å². The van der Waals surface area contributed by atoms with E-state index in [1.807, 2.05) is 12.1 Å². The molecule has 1 aromatic rings. The molecule has 110 valence electrons. The number of aryl methyl sites for hydroxylation is 1. The molecule has 0 bridgehead atoms. The van der Waals surface area contributed by atoms with E-state index in [0.717, 1.165) is 26.1 Å². The van der Waals surface area contributed by atoms with Gasteiger partial charge in [0, 0.05) is 31.4 Å². The lowest BCUT2D eigenvalue weighted by Crippen LogP contribution is -2.51. The number of benzene rings is 1. The number of piperazine rings is 1. The van der Waals surface area contributed by atoms with Crippen LogP contribution in [-0.2, 0) is 11.2 Å². The first-order chi connectivity index (χ1) is 9.29. The van der Waals surface area contributed by atoms with Crippen LogP contribution in [0, 0.1) is 0 Å². The number of carbonyl (C=O) groups excluding carboxylic acids is 1. The number of methoxy groups -OCH3 is 1. The van der Waals surface area contributed by atoms with Crippen molar-refractivity contribution in [1.29, 1.82) is 0 Å². The van der Waals surface area contributed by atoms with Crippen molar-refractivity contribution in [1.82, 2.24) is 5.32 Å². The van der Waals surface area contributed by atoms with Crippen LogP contribution in [-0.4, -0.2) is 38.8 Å². The largest absolute Gasteiger partial charge is 0.465 e. The molecule has 2 aliphatic rings. The molecule has 0 aromatic heterocycles. The third-order valence-corrected chi connectivity index (χ3v) is 4.14. The van der Waals surface area contributed by atoms with E-state index in [0.29, 0.717) is 11.6 Å². The fraction of sp³-hybridized carbons (Fsp3) is 0.533. The highest BCUT2D eigenvalue weighted by atomic mass is 35.5. The molecule has 20 heavy (non-hydrogen) atoms. The first-order valence-electron chi connectivity index (χ1n) is 6.98. The Kier molecular flexibility index (Phi) is 4.89. The zero-order valence-corrected chi connectivity index (χ0v) is 12.5.